The lowest BCUT2D eigenvalue weighted by molar-refractivity contribution is -0.148. The molecule has 0 bridgehead atoms. The second kappa shape index (κ2) is 9.88. The number of hydrogen-bond donors (Lipinski definition) is 3. The Balaban J connectivity index is 2.37. The first-order valence-corrected chi connectivity index (χ1v) is 7.02. The third kappa shape index (κ3) is 6.66. The highest BCUT2D eigenvalue weighted by molar-refractivity contribution is 5.75. The van der Waals surface area contributed by atoms with Crippen molar-refractivity contribution >= 4 is 11.9 Å². The van der Waals surface area contributed by atoms with E-state index in [1.807, 2.05) is 30.3 Å². The highest BCUT2D eigenvalue weighted by Crippen LogP contribution is 2.06. The molecule has 0 aliphatic rings. The molecule has 0 fully saturated rings. The number of ether oxygens (including phenoxy) is 1. The van der Waals surface area contributed by atoms with Crippen molar-refractivity contribution in [2.24, 2.45) is 5.73 Å². The molecular weight excluding hydrogens is 288 g/mol. The van der Waals surface area contributed by atoms with Crippen molar-refractivity contribution in [3.8, 4) is 0 Å². The number of nitrogens with two attached hydrogens (primary N) is 1. The lowest BCUT2D eigenvalue weighted by Crippen LogP contribution is -2.38. The van der Waals surface area contributed by atoms with Gasteiger partial charge in [-0.25, -0.2) is 0 Å². The zero-order valence-corrected chi connectivity index (χ0v) is 12.5. The Morgan fingerprint density at radius 1 is 1.27 bits per heavy atom. The van der Waals surface area contributed by atoms with Crippen molar-refractivity contribution in [3.63, 3.8) is 0 Å². The Labute approximate surface area is 129 Å². The molecule has 7 heteroatoms. The molecular formula is C15H22N2O5. The summed E-state index contributed by atoms with van der Waals surface area (Å²) in [5, 5.41) is 8.71. The molecule has 0 heterocycles. The SMILES string of the molecule is COC(=O)[C@H](CCCC(N)C(=O)O)NOCc1ccccc1. The van der Waals surface area contributed by atoms with Gasteiger partial charge in [-0.05, 0) is 24.8 Å². The summed E-state index contributed by atoms with van der Waals surface area (Å²) in [5.74, 6) is -1.51. The summed E-state index contributed by atoms with van der Waals surface area (Å²) >= 11 is 0. The van der Waals surface area contributed by atoms with Gasteiger partial charge in [-0.15, -0.1) is 0 Å². The Bertz CT molecular complexity index is 466. The number of carbonyl (C=O) groups excluding carboxylic acids is 1. The molecule has 7 nitrogen and oxygen atoms in total. The van der Waals surface area contributed by atoms with Crippen molar-refractivity contribution in [3.05, 3.63) is 35.9 Å². The van der Waals surface area contributed by atoms with Crippen molar-refractivity contribution in [2.75, 3.05) is 7.11 Å². The van der Waals surface area contributed by atoms with Gasteiger partial charge in [0.15, 0.2) is 0 Å². The van der Waals surface area contributed by atoms with Crippen LogP contribution in [-0.4, -0.2) is 36.2 Å². The van der Waals surface area contributed by atoms with E-state index >= 15 is 0 Å². The minimum Gasteiger partial charge on any atom is -0.480 e. The van der Waals surface area contributed by atoms with E-state index < -0.39 is 24.0 Å². The van der Waals surface area contributed by atoms with E-state index in [0.29, 0.717) is 19.4 Å². The molecule has 0 amide bonds. The van der Waals surface area contributed by atoms with Crippen LogP contribution in [0.25, 0.3) is 0 Å². The molecule has 1 unspecified atom stereocenters. The van der Waals surface area contributed by atoms with Gasteiger partial charge in [-0.3, -0.25) is 14.4 Å². The number of carboxylic acid groups (broad SMARTS) is 1. The largest absolute Gasteiger partial charge is 0.480 e. The fourth-order valence-electron chi connectivity index (χ4n) is 1.83. The molecule has 0 saturated carbocycles. The monoisotopic (exact) mass is 310 g/mol. The van der Waals surface area contributed by atoms with Crippen LogP contribution >= 0.6 is 0 Å². The highest BCUT2D eigenvalue weighted by Gasteiger charge is 2.20. The van der Waals surface area contributed by atoms with Gasteiger partial charge in [0.05, 0.1) is 13.7 Å². The van der Waals surface area contributed by atoms with Gasteiger partial charge < -0.3 is 15.6 Å². The van der Waals surface area contributed by atoms with E-state index in [4.69, 9.17) is 20.4 Å². The Morgan fingerprint density at radius 3 is 2.55 bits per heavy atom. The van der Waals surface area contributed by atoms with Gasteiger partial charge in [-0.1, -0.05) is 30.3 Å². The van der Waals surface area contributed by atoms with E-state index in [1.54, 1.807) is 0 Å². The predicted octanol–water partition coefficient (Wildman–Crippen LogP) is 0.832. The van der Waals surface area contributed by atoms with E-state index in [0.717, 1.165) is 5.56 Å². The Hall–Kier alpha value is -1.96. The third-order valence-corrected chi connectivity index (χ3v) is 3.12. The molecule has 1 aromatic rings. The second-order valence-corrected chi connectivity index (χ2v) is 4.84. The maximum atomic E-state index is 11.7. The Kier molecular flexibility index (Phi) is 8.13. The number of rotatable bonds is 10. The van der Waals surface area contributed by atoms with E-state index in [9.17, 15) is 9.59 Å². The summed E-state index contributed by atoms with van der Waals surface area (Å²) in [4.78, 5) is 27.6. The molecule has 0 aromatic heterocycles. The molecule has 0 aliphatic heterocycles. The molecule has 22 heavy (non-hydrogen) atoms. The molecule has 1 rings (SSSR count). The van der Waals surface area contributed by atoms with Gasteiger partial charge in [0.2, 0.25) is 0 Å². The number of esters is 1. The highest BCUT2D eigenvalue weighted by atomic mass is 16.6. The zero-order valence-electron chi connectivity index (χ0n) is 12.5. The van der Waals surface area contributed by atoms with Crippen molar-refractivity contribution < 1.29 is 24.3 Å². The van der Waals surface area contributed by atoms with Crippen molar-refractivity contribution in [1.29, 1.82) is 0 Å². The first-order chi connectivity index (χ1) is 10.5. The summed E-state index contributed by atoms with van der Waals surface area (Å²) < 4.78 is 4.69. The van der Waals surface area contributed by atoms with Crippen LogP contribution in [0, 0.1) is 0 Å². The van der Waals surface area contributed by atoms with E-state index in [1.165, 1.54) is 7.11 Å². The molecule has 2 atom stereocenters. The van der Waals surface area contributed by atoms with Crippen LogP contribution in [0.1, 0.15) is 24.8 Å². The van der Waals surface area contributed by atoms with Gasteiger partial charge >= 0.3 is 11.9 Å². The quantitative estimate of drug-likeness (QED) is 0.433. The standard InChI is InChI=1S/C15H22N2O5/c1-21-15(20)13(9-5-8-12(16)14(18)19)17-22-10-11-6-3-2-4-7-11/h2-4,6-7,12-13,17H,5,8-10,16H2,1H3,(H,18,19)/t12?,13-/m0/s1. The average molecular weight is 310 g/mol. The number of nitrogens with one attached hydrogen (secondary N) is 1. The molecule has 122 valence electrons. The number of carboxylic acids is 1. The number of aliphatic carboxylic acids is 1. The van der Waals surface area contributed by atoms with Gasteiger partial charge in [-0.2, -0.15) is 5.48 Å². The van der Waals surface area contributed by atoms with Gasteiger partial charge in [0.25, 0.3) is 0 Å². The molecule has 0 aliphatic carbocycles. The van der Waals surface area contributed by atoms with Crippen molar-refractivity contribution in [1.82, 2.24) is 5.48 Å². The van der Waals surface area contributed by atoms with Gasteiger partial charge in [0.1, 0.15) is 12.1 Å². The summed E-state index contributed by atoms with van der Waals surface area (Å²) in [6.45, 7) is 0.309. The summed E-state index contributed by atoms with van der Waals surface area (Å²) in [5.41, 5.74) is 9.04. The first kappa shape index (κ1) is 18.1. The van der Waals surface area contributed by atoms with Crippen LogP contribution in [0.5, 0.6) is 0 Å². The summed E-state index contributed by atoms with van der Waals surface area (Å²) in [7, 11) is 1.29. The number of methoxy groups -OCH3 is 1. The number of hydrogen-bond acceptors (Lipinski definition) is 6. The normalized spacial score (nSPS) is 13.4. The van der Waals surface area contributed by atoms with E-state index in [2.05, 4.69) is 5.48 Å². The minimum absolute atomic E-state index is 0.281. The van der Waals surface area contributed by atoms with Crippen molar-refractivity contribution in [2.45, 2.75) is 38.0 Å². The maximum Gasteiger partial charge on any atom is 0.325 e. The molecule has 1 aromatic carbocycles. The minimum atomic E-state index is -1.05. The Morgan fingerprint density at radius 2 is 1.95 bits per heavy atom. The molecule has 0 spiro atoms. The number of benzene rings is 1. The van der Waals surface area contributed by atoms with Crippen LogP contribution in [0.4, 0.5) is 0 Å². The van der Waals surface area contributed by atoms with Crippen LogP contribution < -0.4 is 11.2 Å². The van der Waals surface area contributed by atoms with Crippen LogP contribution in [0.3, 0.4) is 0 Å². The maximum absolute atomic E-state index is 11.7. The molecule has 4 N–H and O–H groups in total. The van der Waals surface area contributed by atoms with Gasteiger partial charge in [0, 0.05) is 0 Å². The second-order valence-electron chi connectivity index (χ2n) is 4.84. The lowest BCUT2D eigenvalue weighted by Gasteiger charge is -2.16. The summed E-state index contributed by atoms with van der Waals surface area (Å²) in [6.07, 6.45) is 1.13. The van der Waals surface area contributed by atoms with E-state index in [-0.39, 0.29) is 6.42 Å². The number of carbonyl (C=O) groups is 2. The van der Waals surface area contributed by atoms with Crippen LogP contribution in [-0.2, 0) is 25.8 Å². The fourth-order valence-corrected chi connectivity index (χ4v) is 1.83. The predicted molar refractivity (Wildman–Crippen MR) is 79.6 cm³/mol. The summed E-state index contributed by atoms with van der Waals surface area (Å²) in [6, 6.07) is 7.91. The lowest BCUT2D eigenvalue weighted by atomic mass is 10.1. The van der Waals surface area contributed by atoms with Crippen LogP contribution in [0.15, 0.2) is 30.3 Å². The molecule has 0 saturated heterocycles. The topological polar surface area (TPSA) is 111 Å². The smallest absolute Gasteiger partial charge is 0.325 e. The zero-order chi connectivity index (χ0) is 16.4. The fraction of sp³-hybridized carbons (Fsp3) is 0.467. The average Bonchev–Trinajstić information content (AvgIpc) is 2.53. The number of hydroxylamine groups is 1. The first-order valence-electron chi connectivity index (χ1n) is 7.02. The molecule has 0 radical (unpaired) electrons. The third-order valence-electron chi connectivity index (χ3n) is 3.12. The van der Waals surface area contributed by atoms with Crippen LogP contribution in [0.2, 0.25) is 0 Å².